The largest absolute Gasteiger partial charge is 0.494 e. The molecule has 0 aliphatic carbocycles. The maximum atomic E-state index is 12.9. The fourth-order valence-electron chi connectivity index (χ4n) is 3.51. The Morgan fingerprint density at radius 3 is 2.74 bits per heavy atom. The van der Waals surface area contributed by atoms with E-state index in [1.54, 1.807) is 6.21 Å². The van der Waals surface area contributed by atoms with Crippen LogP contribution >= 0.6 is 0 Å². The standard InChI is InChI=1S/C22H29N9O4/c1-2-3-4-11-34-17-7-5-16(6-8-17)14-24-26-22(32)19-18(15-30-9-12-33-13-10-30)31(29-25-19)21-20(23)27-35-28-21/h5-8,14H,2-4,9-13,15H2,1H3,(H2,23,27)(H,26,32)/b24-14+. The molecule has 3 N–H and O–H groups in total. The number of unbranched alkanes of at least 4 members (excludes halogenated alkanes) is 2. The van der Waals surface area contributed by atoms with E-state index in [-0.39, 0.29) is 17.3 Å². The van der Waals surface area contributed by atoms with Gasteiger partial charge in [-0.15, -0.1) is 5.10 Å². The van der Waals surface area contributed by atoms with E-state index < -0.39 is 5.91 Å². The van der Waals surface area contributed by atoms with Crippen molar-refractivity contribution in [3.8, 4) is 11.6 Å². The third-order valence-corrected chi connectivity index (χ3v) is 5.43. The molecule has 1 saturated heterocycles. The molecule has 0 saturated carbocycles. The van der Waals surface area contributed by atoms with Gasteiger partial charge in [-0.05, 0) is 46.6 Å². The highest BCUT2D eigenvalue weighted by Crippen LogP contribution is 2.18. The molecule has 1 fully saturated rings. The van der Waals surface area contributed by atoms with Crippen LogP contribution in [0.15, 0.2) is 34.0 Å². The molecule has 0 bridgehead atoms. The first-order valence-electron chi connectivity index (χ1n) is 11.5. The summed E-state index contributed by atoms with van der Waals surface area (Å²) in [5.41, 5.74) is 9.75. The van der Waals surface area contributed by atoms with Crippen molar-refractivity contribution in [3.05, 3.63) is 41.2 Å². The molecule has 13 nitrogen and oxygen atoms in total. The number of morpholine rings is 1. The zero-order valence-electron chi connectivity index (χ0n) is 19.6. The lowest BCUT2D eigenvalue weighted by atomic mass is 10.2. The van der Waals surface area contributed by atoms with Crippen molar-refractivity contribution in [2.24, 2.45) is 5.10 Å². The van der Waals surface area contributed by atoms with Crippen LogP contribution in [0, 0.1) is 0 Å². The van der Waals surface area contributed by atoms with Crippen LogP contribution in [0.1, 0.15) is 47.9 Å². The van der Waals surface area contributed by atoms with E-state index in [2.05, 4.69) is 47.6 Å². The summed E-state index contributed by atoms with van der Waals surface area (Å²) < 4.78 is 17.2. The van der Waals surface area contributed by atoms with E-state index in [9.17, 15) is 4.79 Å². The number of nitrogens with two attached hydrogens (primary N) is 1. The Morgan fingerprint density at radius 1 is 1.23 bits per heavy atom. The van der Waals surface area contributed by atoms with Crippen LogP contribution in [0.2, 0.25) is 0 Å². The van der Waals surface area contributed by atoms with Gasteiger partial charge in [0.1, 0.15) is 5.75 Å². The van der Waals surface area contributed by atoms with Gasteiger partial charge in [-0.3, -0.25) is 9.69 Å². The average Bonchev–Trinajstić information content (AvgIpc) is 3.49. The molecular weight excluding hydrogens is 454 g/mol. The molecule has 0 atom stereocenters. The lowest BCUT2D eigenvalue weighted by Gasteiger charge is -2.26. The number of hydrogen-bond donors (Lipinski definition) is 2. The Hall–Kier alpha value is -3.84. The number of amides is 1. The Morgan fingerprint density at radius 2 is 2.03 bits per heavy atom. The van der Waals surface area contributed by atoms with Crippen LogP contribution in [0.3, 0.4) is 0 Å². The topological polar surface area (TPSA) is 159 Å². The third kappa shape index (κ3) is 6.39. The van der Waals surface area contributed by atoms with E-state index in [1.165, 1.54) is 4.68 Å². The van der Waals surface area contributed by atoms with Gasteiger partial charge in [-0.1, -0.05) is 25.0 Å². The minimum absolute atomic E-state index is 0.0425. The van der Waals surface area contributed by atoms with Crippen LogP contribution in [-0.4, -0.2) is 75.2 Å². The van der Waals surface area contributed by atoms with E-state index in [4.69, 9.17) is 15.2 Å². The molecule has 186 valence electrons. The van der Waals surface area contributed by atoms with Gasteiger partial charge in [0.15, 0.2) is 5.69 Å². The number of nitrogens with zero attached hydrogens (tertiary/aromatic N) is 7. The minimum atomic E-state index is -0.512. The van der Waals surface area contributed by atoms with Crippen molar-refractivity contribution < 1.29 is 18.9 Å². The number of hydrogen-bond acceptors (Lipinski definition) is 11. The number of carbonyl (C=O) groups excluding carboxylic acids is 1. The fourth-order valence-corrected chi connectivity index (χ4v) is 3.51. The summed E-state index contributed by atoms with van der Waals surface area (Å²) >= 11 is 0. The van der Waals surface area contributed by atoms with Crippen molar-refractivity contribution in [1.29, 1.82) is 0 Å². The number of carbonyl (C=O) groups is 1. The second-order valence-corrected chi connectivity index (χ2v) is 7.98. The lowest BCUT2D eigenvalue weighted by molar-refractivity contribution is 0.0332. The Kier molecular flexibility index (Phi) is 8.35. The summed E-state index contributed by atoms with van der Waals surface area (Å²) in [7, 11) is 0. The second kappa shape index (κ2) is 12.0. The lowest BCUT2D eigenvalue weighted by Crippen LogP contribution is -2.37. The Labute approximate surface area is 202 Å². The summed E-state index contributed by atoms with van der Waals surface area (Å²) in [6.45, 7) is 5.84. The molecule has 35 heavy (non-hydrogen) atoms. The first-order valence-corrected chi connectivity index (χ1v) is 11.5. The highest BCUT2D eigenvalue weighted by molar-refractivity contribution is 5.94. The van der Waals surface area contributed by atoms with Gasteiger partial charge in [0.25, 0.3) is 5.91 Å². The Balaban J connectivity index is 1.42. The number of aromatic nitrogens is 5. The van der Waals surface area contributed by atoms with Crippen LogP contribution in [0.25, 0.3) is 5.82 Å². The predicted molar refractivity (Wildman–Crippen MR) is 126 cm³/mol. The predicted octanol–water partition coefficient (Wildman–Crippen LogP) is 1.40. The number of anilines is 1. The first-order chi connectivity index (χ1) is 17.2. The average molecular weight is 484 g/mol. The monoisotopic (exact) mass is 483 g/mol. The zero-order chi connectivity index (χ0) is 24.5. The number of ether oxygens (including phenoxy) is 2. The molecule has 3 heterocycles. The molecule has 13 heteroatoms. The van der Waals surface area contributed by atoms with Gasteiger partial charge >= 0.3 is 0 Å². The molecule has 1 aliphatic heterocycles. The van der Waals surface area contributed by atoms with Crippen molar-refractivity contribution in [1.82, 2.24) is 35.6 Å². The number of nitrogen functional groups attached to an aromatic ring is 1. The van der Waals surface area contributed by atoms with Gasteiger partial charge in [0.05, 0.1) is 31.7 Å². The maximum Gasteiger partial charge on any atom is 0.293 e. The van der Waals surface area contributed by atoms with Crippen LogP contribution < -0.4 is 15.9 Å². The van der Waals surface area contributed by atoms with Crippen molar-refractivity contribution >= 4 is 17.9 Å². The van der Waals surface area contributed by atoms with Crippen molar-refractivity contribution in [2.45, 2.75) is 32.7 Å². The van der Waals surface area contributed by atoms with E-state index in [0.29, 0.717) is 45.1 Å². The van der Waals surface area contributed by atoms with Crippen molar-refractivity contribution in [2.75, 3.05) is 38.6 Å². The number of benzene rings is 1. The number of rotatable bonds is 11. The quantitative estimate of drug-likeness (QED) is 0.232. The highest BCUT2D eigenvalue weighted by atomic mass is 16.6. The maximum absolute atomic E-state index is 12.9. The summed E-state index contributed by atoms with van der Waals surface area (Å²) in [6, 6.07) is 7.48. The summed E-state index contributed by atoms with van der Waals surface area (Å²) in [6.07, 6.45) is 4.88. The molecule has 2 aromatic heterocycles. The first kappa shape index (κ1) is 24.3. The smallest absolute Gasteiger partial charge is 0.293 e. The van der Waals surface area contributed by atoms with Gasteiger partial charge in [-0.2, -0.15) is 9.78 Å². The third-order valence-electron chi connectivity index (χ3n) is 5.43. The van der Waals surface area contributed by atoms with Crippen LogP contribution in [-0.2, 0) is 11.3 Å². The molecule has 0 radical (unpaired) electrons. The SMILES string of the molecule is CCCCCOc1ccc(/C=N/NC(=O)c2nnn(-c3nonc3N)c2CN2CCOCC2)cc1. The summed E-state index contributed by atoms with van der Waals surface area (Å²) in [4.78, 5) is 15.0. The fraction of sp³-hybridized carbons (Fsp3) is 0.455. The number of nitrogens with one attached hydrogen (secondary N) is 1. The second-order valence-electron chi connectivity index (χ2n) is 7.98. The molecule has 1 aliphatic rings. The van der Waals surface area contributed by atoms with Crippen LogP contribution in [0.4, 0.5) is 5.82 Å². The Bertz CT molecular complexity index is 1120. The van der Waals surface area contributed by atoms with E-state index >= 15 is 0 Å². The van der Waals surface area contributed by atoms with Gasteiger partial charge in [0, 0.05) is 19.6 Å². The molecule has 3 aromatic rings. The van der Waals surface area contributed by atoms with Gasteiger partial charge in [-0.25, -0.2) is 10.1 Å². The molecule has 1 amide bonds. The number of hydrazone groups is 1. The molecule has 0 unspecified atom stereocenters. The van der Waals surface area contributed by atoms with E-state index in [0.717, 1.165) is 30.6 Å². The zero-order valence-corrected chi connectivity index (χ0v) is 19.6. The summed E-state index contributed by atoms with van der Waals surface area (Å²) in [5.74, 6) is 0.496. The normalized spacial score (nSPS) is 14.4. The molecule has 4 rings (SSSR count). The molecule has 1 aromatic carbocycles. The molecular formula is C22H29N9O4. The van der Waals surface area contributed by atoms with Gasteiger partial charge in [0.2, 0.25) is 11.6 Å². The highest BCUT2D eigenvalue weighted by Gasteiger charge is 2.26. The summed E-state index contributed by atoms with van der Waals surface area (Å²) in [5, 5.41) is 19.5. The molecule has 0 spiro atoms. The van der Waals surface area contributed by atoms with Crippen molar-refractivity contribution in [3.63, 3.8) is 0 Å². The minimum Gasteiger partial charge on any atom is -0.494 e. The van der Waals surface area contributed by atoms with Gasteiger partial charge < -0.3 is 15.2 Å². The van der Waals surface area contributed by atoms with E-state index in [1.807, 2.05) is 24.3 Å². The van der Waals surface area contributed by atoms with Crippen LogP contribution in [0.5, 0.6) is 5.75 Å².